The summed E-state index contributed by atoms with van der Waals surface area (Å²) in [6.45, 7) is 0. The van der Waals surface area contributed by atoms with E-state index in [0.29, 0.717) is 5.69 Å². The van der Waals surface area contributed by atoms with Gasteiger partial charge in [-0.1, -0.05) is 0 Å². The van der Waals surface area contributed by atoms with Gasteiger partial charge in [0.15, 0.2) is 0 Å². The summed E-state index contributed by atoms with van der Waals surface area (Å²) in [6, 6.07) is 1.50. The Balaban J connectivity index is 2.74. The van der Waals surface area contributed by atoms with Gasteiger partial charge in [-0.25, -0.2) is 0 Å². The Hall–Kier alpha value is -1.51. The first-order valence-electron chi connectivity index (χ1n) is 2.91. The number of aromatic hydroxyl groups is 1. The third-order valence-electron chi connectivity index (χ3n) is 1.51. The van der Waals surface area contributed by atoms with Crippen LogP contribution < -0.4 is 0 Å². The Labute approximate surface area is 57.2 Å². The molecule has 1 aromatic heterocycles. The fraction of sp³-hybridized carbons (Fsp3) is 0. The van der Waals surface area contributed by atoms with Crippen LogP contribution in [0.25, 0.3) is 6.20 Å². The van der Waals surface area contributed by atoms with Crippen molar-refractivity contribution in [3.05, 3.63) is 24.0 Å². The first-order valence-corrected chi connectivity index (χ1v) is 2.91. The SMILES string of the molecule is O=C1C=Cn2ccc(O)c21. The molecule has 1 N–H and O–H groups in total. The number of nitrogens with zero attached hydrogens (tertiary/aromatic N) is 1. The van der Waals surface area contributed by atoms with Gasteiger partial charge in [-0.15, -0.1) is 0 Å². The molecule has 0 aliphatic carbocycles. The van der Waals surface area contributed by atoms with E-state index in [1.165, 1.54) is 12.1 Å². The van der Waals surface area contributed by atoms with Crippen LogP contribution in [0.3, 0.4) is 0 Å². The Morgan fingerprint density at radius 2 is 2.30 bits per heavy atom. The van der Waals surface area contributed by atoms with Crippen LogP contribution in [0.5, 0.6) is 5.75 Å². The van der Waals surface area contributed by atoms with Crippen molar-refractivity contribution in [1.82, 2.24) is 4.57 Å². The Morgan fingerprint density at radius 3 is 3.00 bits per heavy atom. The van der Waals surface area contributed by atoms with Gasteiger partial charge in [0, 0.05) is 18.5 Å². The second-order valence-electron chi connectivity index (χ2n) is 2.14. The summed E-state index contributed by atoms with van der Waals surface area (Å²) in [6.07, 6.45) is 4.69. The number of carbonyl (C=O) groups is 1. The van der Waals surface area contributed by atoms with Gasteiger partial charge in [-0.2, -0.15) is 0 Å². The highest BCUT2D eigenvalue weighted by Crippen LogP contribution is 2.23. The standard InChI is InChI=1S/C7H5NO2/c9-5-1-3-8-4-2-6(10)7(5)8/h1-4,9H. The van der Waals surface area contributed by atoms with Crippen molar-refractivity contribution in [1.29, 1.82) is 0 Å². The minimum Gasteiger partial charge on any atom is -0.506 e. The van der Waals surface area contributed by atoms with E-state index in [4.69, 9.17) is 5.11 Å². The molecule has 10 heavy (non-hydrogen) atoms. The maximum atomic E-state index is 10.9. The molecule has 0 bridgehead atoms. The summed E-state index contributed by atoms with van der Waals surface area (Å²) in [4.78, 5) is 10.9. The van der Waals surface area contributed by atoms with Crippen molar-refractivity contribution in [3.8, 4) is 5.75 Å². The van der Waals surface area contributed by atoms with Crippen molar-refractivity contribution >= 4 is 12.0 Å². The lowest BCUT2D eigenvalue weighted by molar-refractivity contribution is 0.104. The lowest BCUT2D eigenvalue weighted by Crippen LogP contribution is -1.92. The fourth-order valence-corrected chi connectivity index (χ4v) is 1.04. The largest absolute Gasteiger partial charge is 0.506 e. The molecule has 0 saturated carbocycles. The van der Waals surface area contributed by atoms with E-state index in [1.807, 2.05) is 0 Å². The molecule has 0 aromatic carbocycles. The fourth-order valence-electron chi connectivity index (χ4n) is 1.04. The van der Waals surface area contributed by atoms with Gasteiger partial charge in [0.25, 0.3) is 0 Å². The third kappa shape index (κ3) is 0.466. The number of hydrogen-bond acceptors (Lipinski definition) is 2. The summed E-state index contributed by atoms with van der Waals surface area (Å²) < 4.78 is 1.59. The topological polar surface area (TPSA) is 42.2 Å². The summed E-state index contributed by atoms with van der Waals surface area (Å²) in [5, 5.41) is 9.06. The van der Waals surface area contributed by atoms with Gasteiger partial charge in [0.2, 0.25) is 5.78 Å². The molecule has 0 saturated heterocycles. The average Bonchev–Trinajstić information content (AvgIpc) is 2.40. The molecule has 2 rings (SSSR count). The Morgan fingerprint density at radius 1 is 1.50 bits per heavy atom. The number of rotatable bonds is 0. The molecule has 3 nitrogen and oxygen atoms in total. The van der Waals surface area contributed by atoms with Gasteiger partial charge in [0.05, 0.1) is 0 Å². The summed E-state index contributed by atoms with van der Waals surface area (Å²) in [5.41, 5.74) is 0.361. The van der Waals surface area contributed by atoms with E-state index in [-0.39, 0.29) is 11.5 Å². The number of fused-ring (bicyclic) bond motifs is 1. The van der Waals surface area contributed by atoms with E-state index in [0.717, 1.165) is 0 Å². The van der Waals surface area contributed by atoms with Crippen LogP contribution >= 0.6 is 0 Å². The Kier molecular flexibility index (Phi) is 0.795. The van der Waals surface area contributed by atoms with E-state index in [2.05, 4.69) is 0 Å². The average molecular weight is 135 g/mol. The predicted octanol–water partition coefficient (Wildman–Crippen LogP) is 0.861. The maximum Gasteiger partial charge on any atom is 0.207 e. The summed E-state index contributed by atoms with van der Waals surface area (Å²) >= 11 is 0. The van der Waals surface area contributed by atoms with E-state index in [9.17, 15) is 4.79 Å². The lowest BCUT2D eigenvalue weighted by atomic mass is 10.3. The number of ketones is 1. The van der Waals surface area contributed by atoms with Crippen LogP contribution in [-0.4, -0.2) is 15.5 Å². The predicted molar refractivity (Wildman–Crippen MR) is 35.8 cm³/mol. The van der Waals surface area contributed by atoms with Gasteiger partial charge in [0.1, 0.15) is 11.4 Å². The van der Waals surface area contributed by atoms with Crippen LogP contribution in [-0.2, 0) is 0 Å². The minimum absolute atomic E-state index is 0.0509. The number of allylic oxidation sites excluding steroid dienone is 1. The molecular weight excluding hydrogens is 130 g/mol. The molecule has 1 aliphatic heterocycles. The van der Waals surface area contributed by atoms with Gasteiger partial charge >= 0.3 is 0 Å². The maximum absolute atomic E-state index is 10.9. The molecule has 2 heterocycles. The molecule has 0 atom stereocenters. The van der Waals surface area contributed by atoms with Crippen molar-refractivity contribution in [2.24, 2.45) is 0 Å². The molecule has 0 fully saturated rings. The van der Waals surface area contributed by atoms with Gasteiger partial charge < -0.3 is 9.67 Å². The molecule has 0 unspecified atom stereocenters. The zero-order chi connectivity index (χ0) is 7.14. The molecule has 0 spiro atoms. The third-order valence-corrected chi connectivity index (χ3v) is 1.51. The quantitative estimate of drug-likeness (QED) is 0.573. The van der Waals surface area contributed by atoms with Crippen LogP contribution in [0.4, 0.5) is 0 Å². The van der Waals surface area contributed by atoms with Crippen molar-refractivity contribution < 1.29 is 9.90 Å². The smallest absolute Gasteiger partial charge is 0.207 e. The van der Waals surface area contributed by atoms with Crippen molar-refractivity contribution in [3.63, 3.8) is 0 Å². The van der Waals surface area contributed by atoms with E-state index in [1.54, 1.807) is 17.0 Å². The molecule has 1 aromatic rings. The van der Waals surface area contributed by atoms with Crippen LogP contribution in [0.1, 0.15) is 10.5 Å². The lowest BCUT2D eigenvalue weighted by Gasteiger charge is -1.90. The van der Waals surface area contributed by atoms with Crippen LogP contribution in [0, 0.1) is 0 Å². The molecular formula is C7H5NO2. The summed E-state index contributed by atoms with van der Waals surface area (Å²) in [5.74, 6) is -0.0856. The number of carbonyl (C=O) groups excluding carboxylic acids is 1. The van der Waals surface area contributed by atoms with Crippen molar-refractivity contribution in [2.45, 2.75) is 0 Å². The second-order valence-corrected chi connectivity index (χ2v) is 2.14. The van der Waals surface area contributed by atoms with Crippen LogP contribution in [0.15, 0.2) is 18.3 Å². The van der Waals surface area contributed by atoms with E-state index < -0.39 is 0 Å². The van der Waals surface area contributed by atoms with Crippen molar-refractivity contribution in [2.75, 3.05) is 0 Å². The van der Waals surface area contributed by atoms with Crippen LogP contribution in [0.2, 0.25) is 0 Å². The molecule has 3 heteroatoms. The summed E-state index contributed by atoms with van der Waals surface area (Å²) in [7, 11) is 0. The first-order chi connectivity index (χ1) is 4.79. The van der Waals surface area contributed by atoms with E-state index >= 15 is 0 Å². The number of aromatic nitrogens is 1. The zero-order valence-corrected chi connectivity index (χ0v) is 5.11. The number of hydrogen-bond donors (Lipinski definition) is 1. The monoisotopic (exact) mass is 135 g/mol. The Bertz CT molecular complexity index is 322. The molecule has 0 amide bonds. The molecule has 50 valence electrons. The normalized spacial score (nSPS) is 14.2. The van der Waals surface area contributed by atoms with Gasteiger partial charge in [-0.3, -0.25) is 4.79 Å². The first kappa shape index (κ1) is 5.29. The minimum atomic E-state index is -0.137. The molecule has 1 aliphatic rings. The van der Waals surface area contributed by atoms with Gasteiger partial charge in [-0.05, 0) is 6.07 Å². The molecule has 0 radical (unpaired) electrons. The highest BCUT2D eigenvalue weighted by Gasteiger charge is 2.17. The highest BCUT2D eigenvalue weighted by molar-refractivity contribution is 6.10. The second kappa shape index (κ2) is 1.50. The highest BCUT2D eigenvalue weighted by atomic mass is 16.3. The zero-order valence-electron chi connectivity index (χ0n) is 5.11.